The third-order valence-electron chi connectivity index (χ3n) is 6.53. The molecule has 4 heterocycles. The molecule has 16 heteroatoms. The van der Waals surface area contributed by atoms with Crippen molar-refractivity contribution in [1.29, 1.82) is 0 Å². The largest absolute Gasteiger partial charge is 1.00 e. The standard InChI is InChI=1S/C28H26N6O7S2.HI/c1-39-19-8-6-17(7-9-19)13-41-27(38)23-18(12-33-10-4-3-5-11-33)14-42-26-22(25(37)34(23)26)31-24(36)21(32-40-2)20-15-43-28(30-20)29-16-35;/h3-11,15-16,22,26H,12-14H2,1-2H3,(H-,29,30,31,35,36);1H/b32-21-;. The number of hydrogen-bond donors (Lipinski definition) is 2. The van der Waals surface area contributed by atoms with Crippen molar-refractivity contribution in [3.63, 3.8) is 0 Å². The van der Waals surface area contributed by atoms with Gasteiger partial charge in [-0.25, -0.2) is 14.3 Å². The topological polar surface area (TPSA) is 152 Å². The number of rotatable bonds is 12. The maximum absolute atomic E-state index is 13.5. The van der Waals surface area contributed by atoms with Crippen molar-refractivity contribution in [2.24, 2.45) is 5.16 Å². The van der Waals surface area contributed by atoms with Crippen LogP contribution >= 0.6 is 23.1 Å². The molecule has 1 aromatic carbocycles. The molecular formula is C28H27IN6O7S2. The Balaban J connectivity index is 0.00000442. The monoisotopic (exact) mass is 750 g/mol. The third-order valence-corrected chi connectivity index (χ3v) is 8.65. The van der Waals surface area contributed by atoms with Crippen LogP contribution < -0.4 is 43.9 Å². The summed E-state index contributed by atoms with van der Waals surface area (Å²) in [6.45, 7) is 0.378. The molecule has 1 saturated heterocycles. The molecule has 1 fully saturated rings. The van der Waals surface area contributed by atoms with Crippen molar-refractivity contribution in [1.82, 2.24) is 15.2 Å². The minimum absolute atomic E-state index is 0. The molecule has 2 aromatic heterocycles. The molecule has 2 atom stereocenters. The number of carbonyl (C=O) groups excluding carboxylic acids is 4. The highest BCUT2D eigenvalue weighted by atomic mass is 127. The molecule has 2 aliphatic heterocycles. The number of carbonyl (C=O) groups is 4. The molecule has 13 nitrogen and oxygen atoms in total. The molecular weight excluding hydrogens is 723 g/mol. The van der Waals surface area contributed by atoms with Crippen LogP contribution in [0.4, 0.5) is 5.13 Å². The van der Waals surface area contributed by atoms with E-state index in [1.165, 1.54) is 29.2 Å². The first-order chi connectivity index (χ1) is 20.9. The fraction of sp³-hybridized carbons (Fsp3) is 0.250. The number of pyridine rings is 1. The number of benzene rings is 1. The van der Waals surface area contributed by atoms with Gasteiger partial charge in [0.15, 0.2) is 29.8 Å². The van der Waals surface area contributed by atoms with E-state index in [0.717, 1.165) is 22.5 Å². The summed E-state index contributed by atoms with van der Waals surface area (Å²) < 4.78 is 12.8. The average molecular weight is 751 g/mol. The zero-order chi connectivity index (χ0) is 30.3. The molecule has 44 heavy (non-hydrogen) atoms. The Kier molecular flexibility index (Phi) is 11.3. The number of nitrogens with one attached hydrogen (secondary N) is 2. The fourth-order valence-electron chi connectivity index (χ4n) is 4.50. The van der Waals surface area contributed by atoms with Gasteiger partial charge < -0.3 is 48.9 Å². The van der Waals surface area contributed by atoms with Crippen molar-refractivity contribution in [2.45, 2.75) is 24.6 Å². The summed E-state index contributed by atoms with van der Waals surface area (Å²) in [5, 5.41) is 10.1. The molecule has 3 aromatic rings. The van der Waals surface area contributed by atoms with Crippen LogP contribution in [0.25, 0.3) is 0 Å². The van der Waals surface area contributed by atoms with Crippen molar-refractivity contribution in [2.75, 3.05) is 25.3 Å². The molecule has 5 rings (SSSR count). The third kappa shape index (κ3) is 7.19. The zero-order valence-electron chi connectivity index (χ0n) is 23.5. The second-order valence-electron chi connectivity index (χ2n) is 9.21. The lowest BCUT2D eigenvalue weighted by molar-refractivity contribution is -0.689. The molecule has 230 valence electrons. The number of oxime groups is 1. The number of esters is 1. The van der Waals surface area contributed by atoms with Crippen LogP contribution in [0.3, 0.4) is 0 Å². The Bertz CT molecular complexity index is 1580. The first-order valence-electron chi connectivity index (χ1n) is 12.9. The van der Waals surface area contributed by atoms with Gasteiger partial charge in [0.1, 0.15) is 42.3 Å². The predicted octanol–water partition coefficient (Wildman–Crippen LogP) is -1.54. The summed E-state index contributed by atoms with van der Waals surface area (Å²) in [5.41, 5.74) is 1.64. The number of fused-ring (bicyclic) bond motifs is 1. The van der Waals surface area contributed by atoms with E-state index in [2.05, 4.69) is 20.8 Å². The number of halogens is 1. The lowest BCUT2D eigenvalue weighted by atomic mass is 10.0. The minimum atomic E-state index is -0.930. The molecule has 2 N–H and O–H groups in total. The second-order valence-corrected chi connectivity index (χ2v) is 11.2. The van der Waals surface area contributed by atoms with Crippen LogP contribution in [0.15, 0.2) is 76.7 Å². The van der Waals surface area contributed by atoms with Crippen LogP contribution in [-0.4, -0.2) is 71.2 Å². The van der Waals surface area contributed by atoms with Gasteiger partial charge in [-0.2, -0.15) is 0 Å². The van der Waals surface area contributed by atoms with Gasteiger partial charge in [-0.3, -0.25) is 19.3 Å². The van der Waals surface area contributed by atoms with E-state index >= 15 is 0 Å². The SMILES string of the molecule is CO/N=C(\C(=O)NC1C(=O)N2C(C(=O)OCc3ccc(OC)cc3)=C(C[n+]3ccccc3)CSC12)c1csc(NC=O)n1.[I-]. The Labute approximate surface area is 277 Å². The number of ether oxygens (including phenoxy) is 2. The Morgan fingerprint density at radius 1 is 1.18 bits per heavy atom. The van der Waals surface area contributed by atoms with E-state index in [1.807, 2.05) is 35.2 Å². The maximum atomic E-state index is 13.5. The smallest absolute Gasteiger partial charge is 0.355 e. The van der Waals surface area contributed by atoms with Gasteiger partial charge >= 0.3 is 5.97 Å². The highest BCUT2D eigenvalue weighted by molar-refractivity contribution is 8.00. The summed E-state index contributed by atoms with van der Waals surface area (Å²) in [5.74, 6) is -0.679. The number of aromatic nitrogens is 2. The molecule has 0 spiro atoms. The number of thioether (sulfide) groups is 1. The van der Waals surface area contributed by atoms with E-state index in [-0.39, 0.29) is 52.8 Å². The minimum Gasteiger partial charge on any atom is -1.00 e. The average Bonchev–Trinajstić information content (AvgIpc) is 3.50. The molecule has 0 saturated carbocycles. The van der Waals surface area contributed by atoms with Crippen molar-refractivity contribution in [3.05, 3.63) is 82.8 Å². The van der Waals surface area contributed by atoms with Gasteiger partial charge in [-0.1, -0.05) is 23.4 Å². The number of thiazole rings is 1. The summed E-state index contributed by atoms with van der Waals surface area (Å²) in [6.07, 6.45) is 4.21. The lowest BCUT2D eigenvalue weighted by Gasteiger charge is -2.49. The van der Waals surface area contributed by atoms with Crippen molar-refractivity contribution in [3.8, 4) is 5.75 Å². The quantitative estimate of drug-likeness (QED) is 0.0427. The molecule has 0 aliphatic carbocycles. The van der Waals surface area contributed by atoms with Crippen molar-refractivity contribution >= 4 is 58.1 Å². The van der Waals surface area contributed by atoms with E-state index < -0.39 is 29.2 Å². The Morgan fingerprint density at radius 2 is 1.93 bits per heavy atom. The summed E-state index contributed by atoms with van der Waals surface area (Å²) >= 11 is 2.53. The number of β-lactam (4-membered cyclic amide) rings is 1. The van der Waals surface area contributed by atoms with Crippen LogP contribution in [0.2, 0.25) is 0 Å². The van der Waals surface area contributed by atoms with Gasteiger partial charge in [0.25, 0.3) is 11.8 Å². The van der Waals surface area contributed by atoms with Gasteiger partial charge in [0, 0.05) is 28.8 Å². The molecule has 3 amide bonds. The fourth-order valence-corrected chi connectivity index (χ4v) is 6.49. The van der Waals surface area contributed by atoms with Crippen LogP contribution in [0.1, 0.15) is 11.3 Å². The molecule has 0 radical (unpaired) electrons. The van der Waals surface area contributed by atoms with Gasteiger partial charge in [-0.15, -0.1) is 23.1 Å². The first-order valence-corrected chi connectivity index (χ1v) is 14.8. The number of amides is 3. The maximum Gasteiger partial charge on any atom is 0.355 e. The number of methoxy groups -OCH3 is 1. The van der Waals surface area contributed by atoms with Crippen LogP contribution in [-0.2, 0) is 41.9 Å². The van der Waals surface area contributed by atoms with E-state index in [0.29, 0.717) is 24.5 Å². The van der Waals surface area contributed by atoms with Gasteiger partial charge in [0.05, 0.1) is 7.11 Å². The molecule has 2 unspecified atom stereocenters. The number of nitrogens with zero attached hydrogens (tertiary/aromatic N) is 4. The van der Waals surface area contributed by atoms with Crippen LogP contribution in [0, 0.1) is 0 Å². The summed E-state index contributed by atoms with van der Waals surface area (Å²) in [4.78, 5) is 61.3. The predicted molar refractivity (Wildman–Crippen MR) is 157 cm³/mol. The van der Waals surface area contributed by atoms with Crippen molar-refractivity contribution < 1.29 is 62.0 Å². The van der Waals surface area contributed by atoms with Gasteiger partial charge in [-0.05, 0) is 17.7 Å². The van der Waals surface area contributed by atoms with E-state index in [9.17, 15) is 19.2 Å². The highest BCUT2D eigenvalue weighted by Gasteiger charge is 2.55. The van der Waals surface area contributed by atoms with E-state index in [1.54, 1.807) is 31.4 Å². The summed E-state index contributed by atoms with van der Waals surface area (Å²) in [6, 6.07) is 11.8. The zero-order valence-corrected chi connectivity index (χ0v) is 27.3. The van der Waals surface area contributed by atoms with E-state index in [4.69, 9.17) is 14.3 Å². The second kappa shape index (κ2) is 15.1. The highest BCUT2D eigenvalue weighted by Crippen LogP contribution is 2.41. The van der Waals surface area contributed by atoms with Crippen LogP contribution in [0.5, 0.6) is 5.75 Å². The summed E-state index contributed by atoms with van der Waals surface area (Å²) in [7, 11) is 2.84. The molecule has 0 bridgehead atoms. The Morgan fingerprint density at radius 3 is 2.61 bits per heavy atom. The lowest BCUT2D eigenvalue weighted by Crippen LogP contribution is -3.00. The Hall–Kier alpha value is -4.03. The molecule has 2 aliphatic rings. The van der Waals surface area contributed by atoms with Gasteiger partial charge in [0.2, 0.25) is 6.41 Å². The normalized spacial score (nSPS) is 17.5. The first kappa shape index (κ1) is 32.9. The number of anilines is 1. The number of hydrogen-bond acceptors (Lipinski definition) is 11.